The summed E-state index contributed by atoms with van der Waals surface area (Å²) in [5.74, 6) is 0.417. The molecule has 1 amide bonds. The van der Waals surface area contributed by atoms with Gasteiger partial charge in [0.1, 0.15) is 24.0 Å². The summed E-state index contributed by atoms with van der Waals surface area (Å²) in [4.78, 5) is 13.4. The Morgan fingerprint density at radius 1 is 1.35 bits per heavy atom. The van der Waals surface area contributed by atoms with E-state index in [1.165, 1.54) is 10.5 Å². The average molecular weight is 525 g/mol. The Labute approximate surface area is 175 Å². The number of carbonyl (C=O) groups excluding carboxylic acids is 1. The minimum absolute atomic E-state index is 0.0890. The highest BCUT2D eigenvalue weighted by molar-refractivity contribution is 14.1. The van der Waals surface area contributed by atoms with Crippen LogP contribution in [-0.2, 0) is 11.4 Å². The van der Waals surface area contributed by atoms with Crippen LogP contribution in [0.2, 0.25) is 0 Å². The number of hydrogen-bond acceptors (Lipinski definition) is 3. The number of hydrogen-bond donors (Lipinski definition) is 0. The maximum atomic E-state index is 12.0. The molecule has 2 rings (SSSR count). The summed E-state index contributed by atoms with van der Waals surface area (Å²) in [6.45, 7) is 2.51. The van der Waals surface area contributed by atoms with E-state index in [1.54, 1.807) is 20.2 Å². The average Bonchev–Trinajstić information content (AvgIpc) is 2.58. The highest BCUT2D eigenvalue weighted by Gasteiger charge is 2.13. The highest BCUT2D eigenvalue weighted by atomic mass is 127. The van der Waals surface area contributed by atoms with E-state index in [9.17, 15) is 10.1 Å². The molecule has 0 fully saturated rings. The Balaban J connectivity index is 2.25. The van der Waals surface area contributed by atoms with Crippen LogP contribution in [0.25, 0.3) is 6.08 Å². The van der Waals surface area contributed by atoms with E-state index in [0.29, 0.717) is 6.61 Å². The third-order valence-corrected chi connectivity index (χ3v) is 4.94. The van der Waals surface area contributed by atoms with E-state index in [-0.39, 0.29) is 11.5 Å². The fourth-order valence-corrected chi connectivity index (χ4v) is 4.08. The first kappa shape index (κ1) is 20.5. The smallest absolute Gasteiger partial charge is 0.264 e. The van der Waals surface area contributed by atoms with Gasteiger partial charge < -0.3 is 9.64 Å². The van der Waals surface area contributed by atoms with Crippen molar-refractivity contribution in [3.8, 4) is 11.8 Å². The molecule has 26 heavy (non-hydrogen) atoms. The van der Waals surface area contributed by atoms with Gasteiger partial charge in [-0.15, -0.1) is 0 Å². The van der Waals surface area contributed by atoms with Crippen LogP contribution in [0.5, 0.6) is 5.75 Å². The summed E-state index contributed by atoms with van der Waals surface area (Å²) in [7, 11) is 3.24. The van der Waals surface area contributed by atoms with Gasteiger partial charge in [0.2, 0.25) is 0 Å². The Morgan fingerprint density at radius 3 is 2.65 bits per heavy atom. The first-order valence-corrected chi connectivity index (χ1v) is 9.70. The van der Waals surface area contributed by atoms with Crippen LogP contribution >= 0.6 is 38.5 Å². The van der Waals surface area contributed by atoms with Gasteiger partial charge in [-0.3, -0.25) is 4.79 Å². The lowest BCUT2D eigenvalue weighted by molar-refractivity contribution is -0.124. The van der Waals surface area contributed by atoms with E-state index in [0.717, 1.165) is 24.9 Å². The second-order valence-corrected chi connectivity index (χ2v) is 7.98. The number of ether oxygens (including phenoxy) is 1. The largest absolute Gasteiger partial charge is 0.487 e. The van der Waals surface area contributed by atoms with Crippen molar-refractivity contribution in [2.24, 2.45) is 0 Å². The number of nitriles is 1. The maximum absolute atomic E-state index is 12.0. The summed E-state index contributed by atoms with van der Waals surface area (Å²) in [6, 6.07) is 13.9. The summed E-state index contributed by atoms with van der Waals surface area (Å²) >= 11 is 5.71. The van der Waals surface area contributed by atoms with Crippen LogP contribution < -0.4 is 4.74 Å². The van der Waals surface area contributed by atoms with E-state index < -0.39 is 0 Å². The topological polar surface area (TPSA) is 53.3 Å². The van der Waals surface area contributed by atoms with Gasteiger partial charge in [0.15, 0.2) is 0 Å². The van der Waals surface area contributed by atoms with Crippen molar-refractivity contribution in [2.45, 2.75) is 13.5 Å². The Hall–Kier alpha value is -1.85. The first-order valence-electron chi connectivity index (χ1n) is 7.82. The zero-order chi connectivity index (χ0) is 19.3. The minimum atomic E-state index is -0.321. The molecular formula is C20H18BrIN2O2. The molecule has 0 heterocycles. The molecule has 0 saturated heterocycles. The number of likely N-dealkylation sites (N-methyl/N-ethyl adjacent to an activating group) is 1. The fourth-order valence-electron chi connectivity index (χ4n) is 2.31. The summed E-state index contributed by atoms with van der Waals surface area (Å²) < 4.78 is 7.64. The first-order chi connectivity index (χ1) is 12.3. The van der Waals surface area contributed by atoms with E-state index >= 15 is 0 Å². The molecule has 0 N–H and O–H groups in total. The molecule has 0 aliphatic heterocycles. The molecule has 134 valence electrons. The number of rotatable bonds is 5. The minimum Gasteiger partial charge on any atom is -0.487 e. The lowest BCUT2D eigenvalue weighted by Crippen LogP contribution is -2.22. The second-order valence-electron chi connectivity index (χ2n) is 5.96. The lowest BCUT2D eigenvalue weighted by atomic mass is 10.1. The van der Waals surface area contributed by atoms with Gasteiger partial charge in [0.05, 0.1) is 8.04 Å². The number of nitrogens with zero attached hydrogens (tertiary/aromatic N) is 2. The number of amides is 1. The van der Waals surface area contributed by atoms with E-state index in [2.05, 4.69) is 44.6 Å². The van der Waals surface area contributed by atoms with Gasteiger partial charge in [0, 0.05) is 14.1 Å². The van der Waals surface area contributed by atoms with Gasteiger partial charge in [-0.05, 0) is 74.8 Å². The number of aryl methyl sites for hydroxylation is 1. The van der Waals surface area contributed by atoms with Gasteiger partial charge in [-0.2, -0.15) is 5.26 Å². The van der Waals surface area contributed by atoms with Crippen molar-refractivity contribution >= 4 is 50.5 Å². The van der Waals surface area contributed by atoms with Crippen LogP contribution in [0.4, 0.5) is 0 Å². The Morgan fingerprint density at radius 2 is 2.08 bits per heavy atom. The number of benzene rings is 2. The molecular weight excluding hydrogens is 507 g/mol. The van der Waals surface area contributed by atoms with E-state index in [4.69, 9.17) is 4.74 Å². The molecule has 0 aliphatic rings. The summed E-state index contributed by atoms with van der Waals surface area (Å²) in [5.41, 5.74) is 3.14. The van der Waals surface area contributed by atoms with Crippen LogP contribution in [0.15, 0.2) is 46.4 Å². The van der Waals surface area contributed by atoms with Crippen molar-refractivity contribution in [1.82, 2.24) is 4.90 Å². The van der Waals surface area contributed by atoms with Crippen molar-refractivity contribution in [3.63, 3.8) is 0 Å². The monoisotopic (exact) mass is 524 g/mol. The van der Waals surface area contributed by atoms with Gasteiger partial charge >= 0.3 is 0 Å². The van der Waals surface area contributed by atoms with Crippen LogP contribution in [0.1, 0.15) is 16.7 Å². The molecule has 2 aromatic rings. The molecule has 0 atom stereocenters. The normalized spacial score (nSPS) is 11.0. The fraction of sp³-hybridized carbons (Fsp3) is 0.200. The number of halogens is 2. The Kier molecular flexibility index (Phi) is 7.23. The Bertz CT molecular complexity index is 878. The SMILES string of the molecule is Cc1cccc(COc2c(Br)cc(/C=C(/C#N)C(=O)N(C)C)cc2I)c1. The van der Waals surface area contributed by atoms with Gasteiger partial charge in [-0.25, -0.2) is 0 Å². The third-order valence-electron chi connectivity index (χ3n) is 3.55. The molecule has 0 bridgehead atoms. The van der Waals surface area contributed by atoms with Crippen molar-refractivity contribution in [1.29, 1.82) is 5.26 Å². The quantitative estimate of drug-likeness (QED) is 0.316. The molecule has 0 saturated carbocycles. The molecule has 0 spiro atoms. The van der Waals surface area contributed by atoms with Crippen molar-refractivity contribution < 1.29 is 9.53 Å². The lowest BCUT2D eigenvalue weighted by Gasteiger charge is -2.12. The standard InChI is InChI=1S/C20H18BrIN2O2/c1-13-5-4-6-14(7-13)12-26-19-17(21)9-15(10-18(19)22)8-16(11-23)20(25)24(2)3/h4-10H,12H2,1-3H3/b16-8-. The maximum Gasteiger partial charge on any atom is 0.264 e. The molecule has 4 nitrogen and oxygen atoms in total. The molecule has 0 aliphatic carbocycles. The number of carbonyl (C=O) groups is 1. The summed E-state index contributed by atoms with van der Waals surface area (Å²) in [6.07, 6.45) is 1.58. The molecule has 0 unspecified atom stereocenters. The molecule has 0 aromatic heterocycles. The predicted molar refractivity (Wildman–Crippen MR) is 115 cm³/mol. The second kappa shape index (κ2) is 9.19. The zero-order valence-electron chi connectivity index (χ0n) is 14.7. The van der Waals surface area contributed by atoms with Crippen molar-refractivity contribution in [2.75, 3.05) is 14.1 Å². The van der Waals surface area contributed by atoms with Crippen molar-refractivity contribution in [3.05, 3.63) is 66.7 Å². The predicted octanol–water partition coefficient (Wildman–Crippen LogP) is 4.94. The molecule has 0 radical (unpaired) electrons. The van der Waals surface area contributed by atoms with Gasteiger partial charge in [0.25, 0.3) is 5.91 Å². The van der Waals surface area contributed by atoms with Crippen LogP contribution in [0, 0.1) is 21.8 Å². The third kappa shape index (κ3) is 5.32. The van der Waals surface area contributed by atoms with Crippen LogP contribution in [-0.4, -0.2) is 24.9 Å². The zero-order valence-corrected chi connectivity index (χ0v) is 18.5. The van der Waals surface area contributed by atoms with Gasteiger partial charge in [-0.1, -0.05) is 29.8 Å². The summed E-state index contributed by atoms with van der Waals surface area (Å²) in [5, 5.41) is 9.23. The molecule has 6 heteroatoms. The van der Waals surface area contributed by atoms with E-state index in [1.807, 2.05) is 43.3 Å². The molecule has 2 aromatic carbocycles. The van der Waals surface area contributed by atoms with Crippen LogP contribution in [0.3, 0.4) is 0 Å². The highest BCUT2D eigenvalue weighted by Crippen LogP contribution is 2.33.